The Kier molecular flexibility index (Phi) is 3.44. The second-order valence-corrected chi connectivity index (χ2v) is 4.73. The zero-order valence-electron chi connectivity index (χ0n) is 10.3. The summed E-state index contributed by atoms with van der Waals surface area (Å²) in [6, 6.07) is 0.406. The van der Waals surface area contributed by atoms with E-state index in [4.69, 9.17) is 4.74 Å². The van der Waals surface area contributed by atoms with Gasteiger partial charge >= 0.3 is 0 Å². The predicted molar refractivity (Wildman–Crippen MR) is 66.5 cm³/mol. The molecule has 16 heavy (non-hydrogen) atoms. The highest BCUT2D eigenvalue weighted by Crippen LogP contribution is 2.23. The number of hydrogen-bond donors (Lipinski definition) is 0. The van der Waals surface area contributed by atoms with E-state index in [0.717, 1.165) is 19.6 Å². The third kappa shape index (κ3) is 2.35. The fourth-order valence-electron chi connectivity index (χ4n) is 2.17. The highest BCUT2D eigenvalue weighted by molar-refractivity contribution is 5.85. The second-order valence-electron chi connectivity index (χ2n) is 4.73. The van der Waals surface area contributed by atoms with E-state index in [1.807, 2.05) is 18.3 Å². The zero-order valence-corrected chi connectivity index (χ0v) is 10.3. The van der Waals surface area contributed by atoms with Crippen molar-refractivity contribution in [3.8, 4) is 0 Å². The molecule has 2 rings (SSSR count). The Morgan fingerprint density at radius 2 is 2.31 bits per heavy atom. The molecule has 1 unspecified atom stereocenters. The van der Waals surface area contributed by atoms with Crippen LogP contribution in [-0.4, -0.2) is 37.5 Å². The smallest absolute Gasteiger partial charge is 0.0679 e. The molecule has 1 atom stereocenters. The maximum Gasteiger partial charge on any atom is 0.0679 e. The highest BCUT2D eigenvalue weighted by Gasteiger charge is 2.20. The molecule has 0 bridgehead atoms. The minimum absolute atomic E-state index is 0.406. The minimum Gasteiger partial charge on any atom is -0.377 e. The number of nitrogens with zero attached hydrogens (tertiary/aromatic N) is 2. The first-order chi connectivity index (χ1) is 7.68. The fraction of sp³-hybridized carbons (Fsp3) is 0.615. The Balaban J connectivity index is 2.18. The lowest BCUT2D eigenvalue weighted by atomic mass is 9.95. The molecule has 0 aliphatic carbocycles. The molecule has 0 aromatic carbocycles. The average Bonchev–Trinajstić information content (AvgIpc) is 2.30. The van der Waals surface area contributed by atoms with Crippen LogP contribution in [0.1, 0.15) is 20.3 Å². The van der Waals surface area contributed by atoms with Crippen molar-refractivity contribution in [3.63, 3.8) is 0 Å². The number of ether oxygens (including phenoxy) is 1. The van der Waals surface area contributed by atoms with Crippen LogP contribution in [0.5, 0.6) is 0 Å². The van der Waals surface area contributed by atoms with Crippen LogP contribution in [0.25, 0.3) is 0 Å². The largest absolute Gasteiger partial charge is 0.377 e. The fourth-order valence-corrected chi connectivity index (χ4v) is 2.17. The third-order valence-electron chi connectivity index (χ3n) is 3.18. The van der Waals surface area contributed by atoms with Gasteiger partial charge in [0.25, 0.3) is 0 Å². The van der Waals surface area contributed by atoms with Crippen LogP contribution in [0, 0.1) is 5.92 Å². The summed E-state index contributed by atoms with van der Waals surface area (Å²) < 4.78 is 5.33. The van der Waals surface area contributed by atoms with E-state index in [9.17, 15) is 0 Å². The van der Waals surface area contributed by atoms with E-state index in [-0.39, 0.29) is 0 Å². The van der Waals surface area contributed by atoms with Gasteiger partial charge in [-0.2, -0.15) is 5.10 Å². The Labute approximate surface area is 97.5 Å². The molecule has 0 amide bonds. The number of rotatable bonds is 2. The first kappa shape index (κ1) is 11.4. The lowest BCUT2D eigenvalue weighted by Crippen LogP contribution is -2.33. The summed E-state index contributed by atoms with van der Waals surface area (Å²) in [7, 11) is 2.03. The Morgan fingerprint density at radius 1 is 1.50 bits per heavy atom. The summed E-state index contributed by atoms with van der Waals surface area (Å²) in [5.41, 5.74) is 2.66. The van der Waals surface area contributed by atoms with E-state index in [1.165, 1.54) is 11.1 Å². The number of hydrazone groups is 1. The molecule has 2 aliphatic heterocycles. The maximum absolute atomic E-state index is 5.33. The predicted octanol–water partition coefficient (Wildman–Crippen LogP) is 2.22. The number of allylic oxidation sites excluding steroid dienone is 1. The van der Waals surface area contributed by atoms with E-state index in [1.54, 1.807) is 0 Å². The molecule has 0 saturated heterocycles. The number of hydrogen-bond acceptors (Lipinski definition) is 3. The highest BCUT2D eigenvalue weighted by atomic mass is 16.5. The molecule has 0 fully saturated rings. The molecule has 0 radical (unpaired) electrons. The van der Waals surface area contributed by atoms with Crippen molar-refractivity contribution in [1.29, 1.82) is 0 Å². The van der Waals surface area contributed by atoms with Gasteiger partial charge in [0.1, 0.15) is 0 Å². The average molecular weight is 220 g/mol. The van der Waals surface area contributed by atoms with Gasteiger partial charge in [-0.3, -0.25) is 5.01 Å². The van der Waals surface area contributed by atoms with Gasteiger partial charge in [-0.25, -0.2) is 0 Å². The SMILES string of the molecule is CC(C)C1C=C(C2=CCOCC2)C=NN1C. The van der Waals surface area contributed by atoms with Crippen LogP contribution in [-0.2, 0) is 4.74 Å². The van der Waals surface area contributed by atoms with Gasteiger partial charge in [0.05, 0.1) is 25.5 Å². The Bertz CT molecular complexity index is 342. The van der Waals surface area contributed by atoms with Crippen molar-refractivity contribution >= 4 is 6.21 Å². The summed E-state index contributed by atoms with van der Waals surface area (Å²) in [5, 5.41) is 6.48. The lowest BCUT2D eigenvalue weighted by molar-refractivity contribution is 0.155. The zero-order chi connectivity index (χ0) is 11.5. The summed E-state index contributed by atoms with van der Waals surface area (Å²) >= 11 is 0. The molecule has 3 heteroatoms. The molecule has 2 aliphatic rings. The summed E-state index contributed by atoms with van der Waals surface area (Å²) in [5.74, 6) is 0.581. The maximum atomic E-state index is 5.33. The van der Waals surface area contributed by atoms with E-state index in [0.29, 0.717) is 12.0 Å². The van der Waals surface area contributed by atoms with Gasteiger partial charge < -0.3 is 4.74 Å². The molecular formula is C13H20N2O. The Hall–Kier alpha value is -1.09. The van der Waals surface area contributed by atoms with Crippen molar-refractivity contribution in [2.45, 2.75) is 26.3 Å². The van der Waals surface area contributed by atoms with Gasteiger partial charge in [0, 0.05) is 7.05 Å². The molecule has 0 aromatic heterocycles. The first-order valence-electron chi connectivity index (χ1n) is 5.94. The number of likely N-dealkylation sites (N-methyl/N-ethyl adjacent to an activating group) is 1. The van der Waals surface area contributed by atoms with Crippen LogP contribution in [0.15, 0.2) is 28.4 Å². The van der Waals surface area contributed by atoms with E-state index >= 15 is 0 Å². The molecule has 0 saturated carbocycles. The third-order valence-corrected chi connectivity index (χ3v) is 3.18. The van der Waals surface area contributed by atoms with Crippen LogP contribution >= 0.6 is 0 Å². The molecule has 0 aromatic rings. The van der Waals surface area contributed by atoms with Gasteiger partial charge in [-0.05, 0) is 23.5 Å². The van der Waals surface area contributed by atoms with E-state index < -0.39 is 0 Å². The minimum atomic E-state index is 0.406. The molecule has 0 N–H and O–H groups in total. The van der Waals surface area contributed by atoms with Gasteiger partial charge in [0.15, 0.2) is 0 Å². The van der Waals surface area contributed by atoms with Crippen LogP contribution < -0.4 is 0 Å². The van der Waals surface area contributed by atoms with Gasteiger partial charge in [0.2, 0.25) is 0 Å². The molecule has 2 heterocycles. The van der Waals surface area contributed by atoms with Crippen LogP contribution in [0.4, 0.5) is 0 Å². The quantitative estimate of drug-likeness (QED) is 0.713. The summed E-state index contributed by atoms with van der Waals surface area (Å²) in [6.45, 7) is 6.03. The van der Waals surface area contributed by atoms with Gasteiger partial charge in [-0.1, -0.05) is 26.0 Å². The standard InChI is InChI=1S/C13H20N2O/c1-10(2)13-8-12(9-14-15(13)3)11-4-6-16-7-5-11/h4,8-10,13H,5-7H2,1-3H3. The van der Waals surface area contributed by atoms with E-state index in [2.05, 4.69) is 31.1 Å². The summed E-state index contributed by atoms with van der Waals surface area (Å²) in [6.07, 6.45) is 7.47. The molecule has 0 spiro atoms. The van der Waals surface area contributed by atoms with Crippen molar-refractivity contribution in [3.05, 3.63) is 23.3 Å². The molecule has 3 nitrogen and oxygen atoms in total. The van der Waals surface area contributed by atoms with Crippen LogP contribution in [0.2, 0.25) is 0 Å². The first-order valence-corrected chi connectivity index (χ1v) is 5.94. The second kappa shape index (κ2) is 4.83. The van der Waals surface area contributed by atoms with Crippen molar-refractivity contribution in [1.82, 2.24) is 5.01 Å². The molecular weight excluding hydrogens is 200 g/mol. The topological polar surface area (TPSA) is 24.8 Å². The van der Waals surface area contributed by atoms with Crippen molar-refractivity contribution < 1.29 is 4.74 Å². The summed E-state index contributed by atoms with van der Waals surface area (Å²) in [4.78, 5) is 0. The van der Waals surface area contributed by atoms with Gasteiger partial charge in [-0.15, -0.1) is 0 Å². The van der Waals surface area contributed by atoms with Crippen molar-refractivity contribution in [2.24, 2.45) is 11.0 Å². The van der Waals surface area contributed by atoms with Crippen LogP contribution in [0.3, 0.4) is 0 Å². The van der Waals surface area contributed by atoms with Crippen molar-refractivity contribution in [2.75, 3.05) is 20.3 Å². The monoisotopic (exact) mass is 220 g/mol. The Morgan fingerprint density at radius 3 is 2.94 bits per heavy atom. The molecule has 88 valence electrons. The normalized spacial score (nSPS) is 25.8. The lowest BCUT2D eigenvalue weighted by Gasteiger charge is -2.30.